The van der Waals surface area contributed by atoms with Crippen LogP contribution < -0.4 is 0 Å². The van der Waals surface area contributed by atoms with Crippen LogP contribution in [-0.2, 0) is 14.8 Å². The van der Waals surface area contributed by atoms with Gasteiger partial charge in [-0.2, -0.15) is 14.4 Å². The van der Waals surface area contributed by atoms with Gasteiger partial charge >= 0.3 is 0 Å². The van der Waals surface area contributed by atoms with Crippen LogP contribution in [0.1, 0.15) is 37.7 Å². The number of nitrogens with zero attached hydrogens (tertiary/aromatic N) is 4. The Morgan fingerprint density at radius 2 is 1.57 bits per heavy atom. The summed E-state index contributed by atoms with van der Waals surface area (Å²) in [6, 6.07) is 15.3. The van der Waals surface area contributed by atoms with Crippen molar-refractivity contribution >= 4 is 28.1 Å². The predicted molar refractivity (Wildman–Crippen MR) is 129 cm³/mol. The highest BCUT2D eigenvalue weighted by Crippen LogP contribution is 2.26. The Labute approximate surface area is 203 Å². The number of imide groups is 1. The number of morpholine rings is 1. The van der Waals surface area contributed by atoms with E-state index in [0.29, 0.717) is 48.7 Å². The average molecular weight is 493 g/mol. The lowest BCUT2D eigenvalue weighted by Gasteiger charge is -2.26. The molecule has 0 spiro atoms. The highest BCUT2D eigenvalue weighted by atomic mass is 32.2. The third-order valence-electron chi connectivity index (χ3n) is 6.24. The third-order valence-corrected chi connectivity index (χ3v) is 8.13. The molecule has 2 amide bonds. The molecule has 3 heterocycles. The van der Waals surface area contributed by atoms with Crippen molar-refractivity contribution in [2.75, 3.05) is 26.3 Å². The number of aryl methyl sites for hydroxylation is 1. The Kier molecular flexibility index (Phi) is 5.87. The van der Waals surface area contributed by atoms with Gasteiger partial charge in [0.25, 0.3) is 11.8 Å². The fraction of sp³-hybridized carbons (Fsp3) is 0.240. The number of carbonyl (C=O) groups is 2. The van der Waals surface area contributed by atoms with Crippen LogP contribution in [0, 0.1) is 13.8 Å². The van der Waals surface area contributed by atoms with Crippen molar-refractivity contribution in [2.45, 2.75) is 18.7 Å². The van der Waals surface area contributed by atoms with Crippen LogP contribution in [0.25, 0.3) is 5.69 Å². The van der Waals surface area contributed by atoms with Gasteiger partial charge in [-0.3, -0.25) is 9.59 Å². The molecule has 35 heavy (non-hydrogen) atoms. The molecule has 180 valence electrons. The van der Waals surface area contributed by atoms with Crippen LogP contribution in [0.15, 0.2) is 64.6 Å². The zero-order chi connectivity index (χ0) is 24.7. The van der Waals surface area contributed by atoms with Gasteiger partial charge in [0, 0.05) is 35.7 Å². The summed E-state index contributed by atoms with van der Waals surface area (Å²) in [6.07, 6.45) is 1.48. The summed E-state index contributed by atoms with van der Waals surface area (Å²) >= 11 is 0. The molecule has 2 aliphatic heterocycles. The predicted octanol–water partition coefficient (Wildman–Crippen LogP) is 2.75. The van der Waals surface area contributed by atoms with E-state index < -0.39 is 21.8 Å². The molecule has 1 aromatic heterocycles. The van der Waals surface area contributed by atoms with Crippen LogP contribution in [0.5, 0.6) is 0 Å². The second kappa shape index (κ2) is 8.88. The maximum Gasteiger partial charge on any atom is 0.282 e. The lowest BCUT2D eigenvalue weighted by atomic mass is 10.1. The molecule has 5 rings (SSSR count). The van der Waals surface area contributed by atoms with Crippen molar-refractivity contribution in [3.05, 3.63) is 82.7 Å². The molecule has 2 aliphatic rings. The van der Waals surface area contributed by atoms with E-state index >= 15 is 0 Å². The third kappa shape index (κ3) is 3.99. The molecule has 0 bridgehead atoms. The van der Waals surface area contributed by atoms with Crippen molar-refractivity contribution in [3.63, 3.8) is 0 Å². The Bertz CT molecular complexity index is 1430. The number of hydrogen-bond donors (Lipinski definition) is 0. The summed E-state index contributed by atoms with van der Waals surface area (Å²) in [4.78, 5) is 25.4. The number of hydrogen-bond acceptors (Lipinski definition) is 6. The number of benzene rings is 2. The number of sulfonamides is 1. The Morgan fingerprint density at radius 1 is 0.914 bits per heavy atom. The first-order valence-corrected chi connectivity index (χ1v) is 12.6. The van der Waals surface area contributed by atoms with Crippen molar-refractivity contribution in [3.8, 4) is 5.69 Å². The maximum atomic E-state index is 13.1. The molecule has 0 atom stereocenters. The van der Waals surface area contributed by atoms with Crippen molar-refractivity contribution in [1.82, 2.24) is 13.9 Å². The molecule has 2 aromatic carbocycles. The Morgan fingerprint density at radius 3 is 2.23 bits per heavy atom. The smallest absolute Gasteiger partial charge is 0.282 e. The van der Waals surface area contributed by atoms with Gasteiger partial charge in [-0.25, -0.2) is 8.42 Å². The maximum absolute atomic E-state index is 13.1. The molecule has 1 saturated heterocycles. The van der Waals surface area contributed by atoms with Gasteiger partial charge in [-0.05, 0) is 50.2 Å². The van der Waals surface area contributed by atoms with Gasteiger partial charge in [0.1, 0.15) is 0 Å². The van der Waals surface area contributed by atoms with Gasteiger partial charge in [0.05, 0.1) is 35.5 Å². The van der Waals surface area contributed by atoms with E-state index in [2.05, 4.69) is 5.10 Å². The molecule has 1 fully saturated rings. The van der Waals surface area contributed by atoms with Crippen LogP contribution in [0.3, 0.4) is 0 Å². The standard InChI is InChI=1S/C25H24N4O5S/c1-17-14-19(16-26-29-24(30)22-8-3-4-9-23(22)25(29)31)18(2)28(17)20-6-5-7-21(15-20)35(32,33)27-10-12-34-13-11-27/h3-9,14-16H,10-13H2,1-2H3. The molecule has 0 N–H and O–H groups in total. The second-order valence-corrected chi connectivity index (χ2v) is 10.3. The second-order valence-electron chi connectivity index (χ2n) is 8.39. The monoisotopic (exact) mass is 492 g/mol. The van der Waals surface area contributed by atoms with Gasteiger partial charge in [0.15, 0.2) is 0 Å². The summed E-state index contributed by atoms with van der Waals surface area (Å²) < 4.78 is 34.9. The first-order chi connectivity index (χ1) is 16.8. The first-order valence-electron chi connectivity index (χ1n) is 11.2. The van der Waals surface area contributed by atoms with E-state index in [1.54, 1.807) is 42.5 Å². The van der Waals surface area contributed by atoms with E-state index in [4.69, 9.17) is 4.74 Å². The Balaban J connectivity index is 1.45. The zero-order valence-corrected chi connectivity index (χ0v) is 20.2. The molecule has 0 unspecified atom stereocenters. The van der Waals surface area contributed by atoms with E-state index in [1.807, 2.05) is 30.5 Å². The number of fused-ring (bicyclic) bond motifs is 1. The highest BCUT2D eigenvalue weighted by Gasteiger charge is 2.35. The molecule has 0 saturated carbocycles. The number of amides is 2. The highest BCUT2D eigenvalue weighted by molar-refractivity contribution is 7.89. The van der Waals surface area contributed by atoms with Crippen molar-refractivity contribution in [1.29, 1.82) is 0 Å². The van der Waals surface area contributed by atoms with Gasteiger partial charge in [0.2, 0.25) is 10.0 Å². The van der Waals surface area contributed by atoms with Crippen molar-refractivity contribution in [2.24, 2.45) is 5.10 Å². The quantitative estimate of drug-likeness (QED) is 0.403. The van der Waals surface area contributed by atoms with E-state index in [-0.39, 0.29) is 4.90 Å². The average Bonchev–Trinajstić information content (AvgIpc) is 3.29. The van der Waals surface area contributed by atoms with E-state index in [1.165, 1.54) is 10.5 Å². The molecular weight excluding hydrogens is 468 g/mol. The van der Waals surface area contributed by atoms with Gasteiger partial charge in [-0.15, -0.1) is 0 Å². The number of hydrazone groups is 1. The summed E-state index contributed by atoms with van der Waals surface area (Å²) in [5, 5.41) is 5.05. The number of ether oxygens (including phenoxy) is 1. The minimum Gasteiger partial charge on any atom is -0.379 e. The minimum atomic E-state index is -3.64. The zero-order valence-electron chi connectivity index (χ0n) is 19.3. The van der Waals surface area contributed by atoms with Crippen LogP contribution >= 0.6 is 0 Å². The van der Waals surface area contributed by atoms with Crippen LogP contribution in [0.2, 0.25) is 0 Å². The van der Waals surface area contributed by atoms with Gasteiger partial charge < -0.3 is 9.30 Å². The number of aromatic nitrogens is 1. The number of carbonyl (C=O) groups excluding carboxylic acids is 2. The van der Waals surface area contributed by atoms with Crippen molar-refractivity contribution < 1.29 is 22.7 Å². The summed E-state index contributed by atoms with van der Waals surface area (Å²) in [7, 11) is -3.64. The largest absolute Gasteiger partial charge is 0.379 e. The molecule has 0 aliphatic carbocycles. The fourth-order valence-electron chi connectivity index (χ4n) is 4.44. The van der Waals surface area contributed by atoms with E-state index in [0.717, 1.165) is 16.4 Å². The van der Waals surface area contributed by atoms with Crippen LogP contribution in [0.4, 0.5) is 0 Å². The lowest BCUT2D eigenvalue weighted by molar-refractivity contribution is 0.0660. The van der Waals surface area contributed by atoms with E-state index in [9.17, 15) is 18.0 Å². The number of rotatable bonds is 5. The molecular formula is C25H24N4O5S. The fourth-order valence-corrected chi connectivity index (χ4v) is 5.88. The summed E-state index contributed by atoms with van der Waals surface area (Å²) in [5.41, 5.74) is 3.71. The lowest BCUT2D eigenvalue weighted by Crippen LogP contribution is -2.40. The minimum absolute atomic E-state index is 0.214. The molecule has 9 nitrogen and oxygen atoms in total. The van der Waals surface area contributed by atoms with Gasteiger partial charge in [-0.1, -0.05) is 18.2 Å². The molecule has 0 radical (unpaired) electrons. The summed E-state index contributed by atoms with van der Waals surface area (Å²) in [6.45, 7) is 5.18. The normalized spacial score (nSPS) is 16.9. The first kappa shape index (κ1) is 23.2. The summed E-state index contributed by atoms with van der Waals surface area (Å²) in [5.74, 6) is -0.923. The van der Waals surface area contributed by atoms with Crippen LogP contribution in [-0.4, -0.2) is 66.6 Å². The topological polar surface area (TPSA) is 101 Å². The SMILES string of the molecule is Cc1cc(C=NN2C(=O)c3ccccc3C2=O)c(C)n1-c1cccc(S(=O)(=O)N2CCOCC2)c1. The molecule has 3 aromatic rings. The molecule has 10 heteroatoms. The Hall–Kier alpha value is -3.60.